The summed E-state index contributed by atoms with van der Waals surface area (Å²) in [5, 5.41) is 12.0. The van der Waals surface area contributed by atoms with Crippen molar-refractivity contribution in [1.82, 2.24) is 16.2 Å². The van der Waals surface area contributed by atoms with Crippen molar-refractivity contribution in [1.29, 1.82) is 5.41 Å². The van der Waals surface area contributed by atoms with Crippen LogP contribution in [-0.4, -0.2) is 24.4 Å². The summed E-state index contributed by atoms with van der Waals surface area (Å²) in [6, 6.07) is 8.09. The third-order valence-electron chi connectivity index (χ3n) is 8.16. The monoisotopic (exact) mass is 500 g/mol. The molecule has 4 N–H and O–H groups in total. The number of rotatable bonds is 5. The highest BCUT2D eigenvalue weighted by Crippen LogP contribution is 2.42. The number of hydrazine groups is 1. The summed E-state index contributed by atoms with van der Waals surface area (Å²) in [4.78, 5) is 0. The molecule has 38 heavy (non-hydrogen) atoms. The van der Waals surface area contributed by atoms with E-state index in [1.807, 2.05) is 24.3 Å². The summed E-state index contributed by atoms with van der Waals surface area (Å²) in [6.45, 7) is 0.895. The van der Waals surface area contributed by atoms with E-state index in [9.17, 15) is 0 Å². The smallest absolute Gasteiger partial charge is 0.128 e. The van der Waals surface area contributed by atoms with Crippen LogP contribution in [-0.2, 0) is 0 Å². The van der Waals surface area contributed by atoms with Crippen molar-refractivity contribution in [2.75, 3.05) is 6.54 Å². The van der Waals surface area contributed by atoms with E-state index in [0.29, 0.717) is 5.71 Å². The van der Waals surface area contributed by atoms with Crippen LogP contribution in [0.15, 0.2) is 130 Å². The van der Waals surface area contributed by atoms with Gasteiger partial charge in [-0.2, -0.15) is 0 Å². The SMILES string of the molecule is N=C1C=CC(C2=CC3Oc4ccccc4C3C=C2)=CC1NNC1=CC=C(C2=CC3=C(C=CCC3)NC2)CC1. The first-order valence-corrected chi connectivity index (χ1v) is 13.6. The molecule has 0 bridgehead atoms. The molecule has 2 heterocycles. The Bertz CT molecular complexity index is 1480. The van der Waals surface area contributed by atoms with Gasteiger partial charge in [-0.1, -0.05) is 60.7 Å². The molecule has 190 valence electrons. The van der Waals surface area contributed by atoms with E-state index in [1.54, 1.807) is 0 Å². The molecule has 4 aliphatic carbocycles. The second kappa shape index (κ2) is 9.66. The maximum absolute atomic E-state index is 8.46. The molecule has 5 heteroatoms. The summed E-state index contributed by atoms with van der Waals surface area (Å²) in [6.07, 6.45) is 28.2. The molecule has 0 fully saturated rings. The lowest BCUT2D eigenvalue weighted by Crippen LogP contribution is -2.44. The number of hydrogen-bond donors (Lipinski definition) is 4. The molecule has 0 amide bonds. The van der Waals surface area contributed by atoms with Crippen molar-refractivity contribution in [3.05, 3.63) is 136 Å². The molecule has 3 unspecified atom stereocenters. The molecule has 0 radical (unpaired) electrons. The molecule has 1 aromatic rings. The van der Waals surface area contributed by atoms with Crippen LogP contribution < -0.4 is 20.9 Å². The number of dihydropyridines is 1. The summed E-state index contributed by atoms with van der Waals surface area (Å²) in [7, 11) is 0. The first kappa shape index (κ1) is 23.1. The summed E-state index contributed by atoms with van der Waals surface area (Å²) in [5.41, 5.74) is 17.5. The van der Waals surface area contributed by atoms with Crippen LogP contribution in [0.2, 0.25) is 0 Å². The highest BCUT2D eigenvalue weighted by molar-refractivity contribution is 6.00. The van der Waals surface area contributed by atoms with Crippen LogP contribution in [0.3, 0.4) is 0 Å². The van der Waals surface area contributed by atoms with Gasteiger partial charge in [-0.05, 0) is 83.9 Å². The van der Waals surface area contributed by atoms with Crippen molar-refractivity contribution in [3.8, 4) is 5.75 Å². The van der Waals surface area contributed by atoms with Gasteiger partial charge in [0.15, 0.2) is 0 Å². The maximum Gasteiger partial charge on any atom is 0.128 e. The summed E-state index contributed by atoms with van der Waals surface area (Å²) >= 11 is 0. The second-order valence-electron chi connectivity index (χ2n) is 10.6. The van der Waals surface area contributed by atoms with Crippen molar-refractivity contribution >= 4 is 5.71 Å². The van der Waals surface area contributed by atoms with E-state index in [2.05, 4.69) is 83.0 Å². The zero-order valence-corrected chi connectivity index (χ0v) is 21.3. The largest absolute Gasteiger partial charge is 0.485 e. The Morgan fingerprint density at radius 2 is 1.84 bits per heavy atom. The zero-order chi connectivity index (χ0) is 25.5. The van der Waals surface area contributed by atoms with E-state index in [0.717, 1.165) is 54.8 Å². The highest BCUT2D eigenvalue weighted by atomic mass is 16.5. The molecule has 6 aliphatic rings. The lowest BCUT2D eigenvalue weighted by molar-refractivity contribution is 0.268. The molecule has 0 saturated carbocycles. The molecule has 2 aliphatic heterocycles. The van der Waals surface area contributed by atoms with E-state index in [4.69, 9.17) is 10.1 Å². The van der Waals surface area contributed by atoms with Gasteiger partial charge in [0.25, 0.3) is 0 Å². The van der Waals surface area contributed by atoms with Crippen molar-refractivity contribution < 1.29 is 4.74 Å². The number of benzene rings is 1. The van der Waals surface area contributed by atoms with Crippen LogP contribution >= 0.6 is 0 Å². The molecular formula is C33H32N4O. The summed E-state index contributed by atoms with van der Waals surface area (Å²) in [5.74, 6) is 1.25. The summed E-state index contributed by atoms with van der Waals surface area (Å²) < 4.78 is 6.21. The fourth-order valence-corrected chi connectivity index (χ4v) is 6.00. The number of hydrogen-bond acceptors (Lipinski definition) is 5. The Kier molecular flexibility index (Phi) is 5.86. The van der Waals surface area contributed by atoms with Crippen LogP contribution in [0.5, 0.6) is 5.75 Å². The van der Waals surface area contributed by atoms with Crippen molar-refractivity contribution in [2.45, 2.75) is 43.7 Å². The standard InChI is InChI=1S/C33H32N4O/c34-29-16-12-22(23-11-15-28-27-6-2-4-8-32(27)38-33(28)19-23)18-31(29)37-36-26-13-9-21(10-14-26)25-17-24-5-1-3-7-30(24)35-20-25/h2-4,6-9,11-13,15-19,28,31,33-37H,1,5,10,14,20H2. The van der Waals surface area contributed by atoms with Crippen LogP contribution in [0.25, 0.3) is 0 Å². The zero-order valence-electron chi connectivity index (χ0n) is 21.3. The van der Waals surface area contributed by atoms with Gasteiger partial charge < -0.3 is 20.9 Å². The topological polar surface area (TPSA) is 69.2 Å². The molecule has 1 aromatic carbocycles. The Balaban J connectivity index is 1.01. The number of para-hydroxylation sites is 1. The fraction of sp³-hybridized carbons (Fsp3) is 0.242. The first-order valence-electron chi connectivity index (χ1n) is 13.6. The molecule has 0 spiro atoms. The molecule has 0 aromatic heterocycles. The quantitative estimate of drug-likeness (QED) is 0.389. The molecule has 3 atom stereocenters. The number of nitrogens with one attached hydrogen (secondary N) is 4. The third-order valence-corrected chi connectivity index (χ3v) is 8.16. The van der Waals surface area contributed by atoms with Crippen LogP contribution in [0, 0.1) is 5.41 Å². The highest BCUT2D eigenvalue weighted by Gasteiger charge is 2.33. The minimum absolute atomic E-state index is 0.0212. The van der Waals surface area contributed by atoms with Gasteiger partial charge in [0, 0.05) is 29.4 Å². The van der Waals surface area contributed by atoms with E-state index in [1.165, 1.54) is 28.0 Å². The van der Waals surface area contributed by atoms with Gasteiger partial charge in [-0.15, -0.1) is 0 Å². The van der Waals surface area contributed by atoms with Crippen LogP contribution in [0.4, 0.5) is 0 Å². The van der Waals surface area contributed by atoms with Crippen molar-refractivity contribution in [2.24, 2.45) is 0 Å². The Hall–Kier alpha value is -4.09. The third kappa shape index (κ3) is 4.33. The Morgan fingerprint density at radius 3 is 2.76 bits per heavy atom. The van der Waals surface area contributed by atoms with Gasteiger partial charge in [0.2, 0.25) is 0 Å². The normalized spacial score (nSPS) is 27.1. The first-order chi connectivity index (χ1) is 18.7. The van der Waals surface area contributed by atoms with E-state index < -0.39 is 0 Å². The predicted molar refractivity (Wildman–Crippen MR) is 153 cm³/mol. The minimum Gasteiger partial charge on any atom is -0.485 e. The minimum atomic E-state index is -0.204. The van der Waals surface area contributed by atoms with Crippen LogP contribution in [0.1, 0.15) is 37.2 Å². The Labute approximate surface area is 223 Å². The lowest BCUT2D eigenvalue weighted by Gasteiger charge is -2.26. The molecule has 5 nitrogen and oxygen atoms in total. The van der Waals surface area contributed by atoms with E-state index in [-0.39, 0.29) is 18.1 Å². The van der Waals surface area contributed by atoms with Gasteiger partial charge in [0.05, 0.1) is 11.8 Å². The molecule has 7 rings (SSSR count). The molecular weight excluding hydrogens is 468 g/mol. The maximum atomic E-state index is 8.46. The Morgan fingerprint density at radius 1 is 0.921 bits per heavy atom. The second-order valence-corrected chi connectivity index (χ2v) is 10.6. The lowest BCUT2D eigenvalue weighted by atomic mass is 9.86. The van der Waals surface area contributed by atoms with Gasteiger partial charge in [-0.25, -0.2) is 5.43 Å². The average molecular weight is 501 g/mol. The van der Waals surface area contributed by atoms with Gasteiger partial charge in [0.1, 0.15) is 11.9 Å². The number of fused-ring (bicyclic) bond motifs is 3. The average Bonchev–Trinajstić information content (AvgIpc) is 3.35. The predicted octanol–water partition coefficient (Wildman–Crippen LogP) is 5.74. The fourth-order valence-electron chi connectivity index (χ4n) is 6.00. The molecule has 0 saturated heterocycles. The van der Waals surface area contributed by atoms with Gasteiger partial charge >= 0.3 is 0 Å². The number of ether oxygens (including phenoxy) is 1. The van der Waals surface area contributed by atoms with Gasteiger partial charge in [-0.3, -0.25) is 0 Å². The van der Waals surface area contributed by atoms with Crippen molar-refractivity contribution in [3.63, 3.8) is 0 Å². The number of allylic oxidation sites excluding steroid dienone is 11. The van der Waals surface area contributed by atoms with E-state index >= 15 is 0 Å².